The highest BCUT2D eigenvalue weighted by Crippen LogP contribution is 2.24. The van der Waals surface area contributed by atoms with Gasteiger partial charge in [0, 0.05) is 32.1 Å². The molecule has 0 saturated carbocycles. The molecule has 2 heterocycles. The third kappa shape index (κ3) is 6.10. The first-order valence-corrected chi connectivity index (χ1v) is 10.5. The summed E-state index contributed by atoms with van der Waals surface area (Å²) in [6, 6.07) is 11.1. The number of carbonyl (C=O) groups excluding carboxylic acids is 1. The van der Waals surface area contributed by atoms with Crippen molar-refractivity contribution in [2.24, 2.45) is 11.8 Å². The molecule has 0 aromatic heterocycles. The van der Waals surface area contributed by atoms with Gasteiger partial charge in [-0.25, -0.2) is 0 Å². The first kappa shape index (κ1) is 19.4. The van der Waals surface area contributed by atoms with E-state index in [0.29, 0.717) is 24.3 Å². The smallest absolute Gasteiger partial charge is 0.220 e. The second-order valence-electron chi connectivity index (χ2n) is 8.19. The molecule has 0 spiro atoms. The van der Waals surface area contributed by atoms with Gasteiger partial charge in [-0.15, -0.1) is 0 Å². The van der Waals surface area contributed by atoms with Gasteiger partial charge >= 0.3 is 0 Å². The normalized spacial score (nSPS) is 21.4. The lowest BCUT2D eigenvalue weighted by Crippen LogP contribution is -2.45. The number of nitrogens with zero attached hydrogens (tertiary/aromatic N) is 1. The standard InChI is InChI=1S/C22H35N3O/c1-18(20-7-12-23-13-8-20)17-22(26)24-21-10-15-25(16-11-21)14-9-19-5-3-2-4-6-19/h2-6,18,20-21,23H,7-17H2,1H3,(H,24,26). The van der Waals surface area contributed by atoms with Gasteiger partial charge in [0.05, 0.1) is 0 Å². The van der Waals surface area contributed by atoms with E-state index in [1.54, 1.807) is 0 Å². The van der Waals surface area contributed by atoms with Crippen LogP contribution >= 0.6 is 0 Å². The Bertz CT molecular complexity index is 534. The minimum Gasteiger partial charge on any atom is -0.353 e. The summed E-state index contributed by atoms with van der Waals surface area (Å²) in [6.07, 6.45) is 6.41. The second-order valence-corrected chi connectivity index (χ2v) is 8.19. The molecule has 1 aromatic carbocycles. The first-order chi connectivity index (χ1) is 12.7. The summed E-state index contributed by atoms with van der Waals surface area (Å²) in [7, 11) is 0. The zero-order valence-corrected chi connectivity index (χ0v) is 16.3. The van der Waals surface area contributed by atoms with Gasteiger partial charge < -0.3 is 15.5 Å². The fourth-order valence-corrected chi connectivity index (χ4v) is 4.39. The van der Waals surface area contributed by atoms with Crippen LogP contribution in [-0.2, 0) is 11.2 Å². The summed E-state index contributed by atoms with van der Waals surface area (Å²) in [5, 5.41) is 6.71. The van der Waals surface area contributed by atoms with Crippen molar-refractivity contribution in [3.8, 4) is 0 Å². The SMILES string of the molecule is CC(CC(=O)NC1CCN(CCc2ccccc2)CC1)C1CCNCC1. The van der Waals surface area contributed by atoms with Crippen LogP contribution in [0, 0.1) is 11.8 Å². The molecule has 144 valence electrons. The van der Waals surface area contributed by atoms with E-state index in [1.807, 2.05) is 0 Å². The number of carbonyl (C=O) groups is 1. The molecule has 0 aliphatic carbocycles. The molecule has 2 fully saturated rings. The lowest BCUT2D eigenvalue weighted by molar-refractivity contribution is -0.123. The fourth-order valence-electron chi connectivity index (χ4n) is 4.39. The van der Waals surface area contributed by atoms with Gasteiger partial charge in [-0.1, -0.05) is 37.3 Å². The van der Waals surface area contributed by atoms with E-state index in [1.165, 1.54) is 18.4 Å². The Morgan fingerprint density at radius 2 is 1.85 bits per heavy atom. The zero-order valence-electron chi connectivity index (χ0n) is 16.3. The number of amides is 1. The topological polar surface area (TPSA) is 44.4 Å². The third-order valence-corrected chi connectivity index (χ3v) is 6.21. The van der Waals surface area contributed by atoms with Gasteiger partial charge in [-0.2, -0.15) is 0 Å². The number of rotatable bonds is 7. The molecule has 3 rings (SSSR count). The summed E-state index contributed by atoms with van der Waals surface area (Å²) in [5.74, 6) is 1.48. The van der Waals surface area contributed by atoms with Crippen molar-refractivity contribution in [2.45, 2.75) is 51.5 Å². The molecule has 1 amide bonds. The minimum atomic E-state index is 0.263. The monoisotopic (exact) mass is 357 g/mol. The maximum Gasteiger partial charge on any atom is 0.220 e. The van der Waals surface area contributed by atoms with Crippen molar-refractivity contribution in [1.82, 2.24) is 15.5 Å². The summed E-state index contributed by atoms with van der Waals surface area (Å²) in [5.41, 5.74) is 1.41. The molecule has 2 aliphatic rings. The van der Waals surface area contributed by atoms with Crippen molar-refractivity contribution in [3.05, 3.63) is 35.9 Å². The van der Waals surface area contributed by atoms with Crippen molar-refractivity contribution in [2.75, 3.05) is 32.7 Å². The Labute approximate surface area is 158 Å². The van der Waals surface area contributed by atoms with Crippen molar-refractivity contribution in [3.63, 3.8) is 0 Å². The summed E-state index contributed by atoms with van der Waals surface area (Å²) in [4.78, 5) is 15.0. The Balaban J connectivity index is 1.32. The maximum atomic E-state index is 12.4. The Kier molecular flexibility index (Phi) is 7.51. The van der Waals surface area contributed by atoms with Gasteiger partial charge in [0.25, 0.3) is 0 Å². The highest BCUT2D eigenvalue weighted by atomic mass is 16.1. The first-order valence-electron chi connectivity index (χ1n) is 10.5. The van der Waals surface area contributed by atoms with Gasteiger partial charge in [-0.05, 0) is 62.6 Å². The lowest BCUT2D eigenvalue weighted by Gasteiger charge is -2.33. The molecule has 1 aromatic rings. The van der Waals surface area contributed by atoms with E-state index in [-0.39, 0.29) is 5.91 Å². The average molecular weight is 358 g/mol. The number of likely N-dealkylation sites (tertiary alicyclic amines) is 1. The van der Waals surface area contributed by atoms with Gasteiger partial charge in [0.1, 0.15) is 0 Å². The Hall–Kier alpha value is -1.39. The molecule has 1 atom stereocenters. The molecule has 2 N–H and O–H groups in total. The molecule has 2 saturated heterocycles. The molecule has 4 nitrogen and oxygen atoms in total. The van der Waals surface area contributed by atoms with Crippen molar-refractivity contribution < 1.29 is 4.79 Å². The van der Waals surface area contributed by atoms with Crippen molar-refractivity contribution in [1.29, 1.82) is 0 Å². The lowest BCUT2D eigenvalue weighted by atomic mass is 9.84. The summed E-state index contributed by atoms with van der Waals surface area (Å²) < 4.78 is 0. The molecule has 4 heteroatoms. The molecule has 1 unspecified atom stereocenters. The van der Waals surface area contributed by atoms with Crippen LogP contribution in [-0.4, -0.2) is 49.6 Å². The molecule has 0 radical (unpaired) electrons. The highest BCUT2D eigenvalue weighted by Gasteiger charge is 2.24. The molecular weight excluding hydrogens is 322 g/mol. The van der Waals surface area contributed by atoms with Crippen LogP contribution in [0.15, 0.2) is 30.3 Å². The van der Waals surface area contributed by atoms with Gasteiger partial charge in [0.2, 0.25) is 5.91 Å². The molecular formula is C22H35N3O. The zero-order chi connectivity index (χ0) is 18.2. The Morgan fingerprint density at radius 1 is 1.15 bits per heavy atom. The maximum absolute atomic E-state index is 12.4. The van der Waals surface area contributed by atoms with Crippen molar-refractivity contribution >= 4 is 5.91 Å². The van der Waals surface area contributed by atoms with Crippen LogP contribution in [0.25, 0.3) is 0 Å². The quantitative estimate of drug-likeness (QED) is 0.789. The van der Waals surface area contributed by atoms with Crippen LogP contribution in [0.5, 0.6) is 0 Å². The highest BCUT2D eigenvalue weighted by molar-refractivity contribution is 5.76. The van der Waals surface area contributed by atoms with Gasteiger partial charge in [0.15, 0.2) is 0 Å². The van der Waals surface area contributed by atoms with Crippen LogP contribution in [0.1, 0.15) is 44.6 Å². The fraction of sp³-hybridized carbons (Fsp3) is 0.682. The van der Waals surface area contributed by atoms with Crippen LogP contribution in [0.2, 0.25) is 0 Å². The number of nitrogens with one attached hydrogen (secondary N) is 2. The average Bonchev–Trinajstić information content (AvgIpc) is 2.69. The van der Waals surface area contributed by atoms with E-state index in [9.17, 15) is 4.79 Å². The summed E-state index contributed by atoms with van der Waals surface area (Å²) >= 11 is 0. The van der Waals surface area contributed by atoms with Crippen LogP contribution < -0.4 is 10.6 Å². The third-order valence-electron chi connectivity index (χ3n) is 6.21. The molecule has 0 bridgehead atoms. The predicted octanol–water partition coefficient (Wildman–Crippen LogP) is 2.84. The van der Waals surface area contributed by atoms with Crippen LogP contribution in [0.3, 0.4) is 0 Å². The predicted molar refractivity (Wildman–Crippen MR) is 107 cm³/mol. The Morgan fingerprint density at radius 3 is 2.54 bits per heavy atom. The number of piperidine rings is 2. The molecule has 26 heavy (non-hydrogen) atoms. The second kappa shape index (κ2) is 10.1. The van der Waals surface area contributed by atoms with E-state index in [2.05, 4.69) is 52.8 Å². The minimum absolute atomic E-state index is 0.263. The number of hydrogen-bond acceptors (Lipinski definition) is 3. The van der Waals surface area contributed by atoms with E-state index in [4.69, 9.17) is 0 Å². The number of benzene rings is 1. The van der Waals surface area contributed by atoms with E-state index in [0.717, 1.165) is 52.0 Å². The summed E-state index contributed by atoms with van der Waals surface area (Å²) in [6.45, 7) is 7.79. The number of hydrogen-bond donors (Lipinski definition) is 2. The van der Waals surface area contributed by atoms with E-state index < -0.39 is 0 Å². The van der Waals surface area contributed by atoms with Crippen LogP contribution in [0.4, 0.5) is 0 Å². The van der Waals surface area contributed by atoms with E-state index >= 15 is 0 Å². The van der Waals surface area contributed by atoms with Gasteiger partial charge in [-0.3, -0.25) is 4.79 Å². The largest absolute Gasteiger partial charge is 0.353 e. The molecule has 2 aliphatic heterocycles.